The first-order valence-electron chi connectivity index (χ1n) is 9.29. The Morgan fingerprint density at radius 3 is 2.59 bits per heavy atom. The van der Waals surface area contributed by atoms with E-state index in [1.54, 1.807) is 7.05 Å². The van der Waals surface area contributed by atoms with Gasteiger partial charge in [-0.1, -0.05) is 0 Å². The number of piperidine rings is 1. The average molecular weight is 384 g/mol. The zero-order valence-corrected chi connectivity index (χ0v) is 15.9. The molecule has 140 valence electrons. The van der Waals surface area contributed by atoms with E-state index in [1.165, 1.54) is 4.68 Å². The second-order valence-electron chi connectivity index (χ2n) is 7.40. The number of benzene rings is 1. The molecule has 0 spiro atoms. The van der Waals surface area contributed by atoms with Crippen molar-refractivity contribution in [3.8, 4) is 0 Å². The van der Waals surface area contributed by atoms with Crippen LogP contribution in [0.3, 0.4) is 0 Å². The number of aromatic nitrogens is 5. The average Bonchev–Trinajstić information content (AvgIpc) is 3.33. The largest absolute Gasteiger partial charge is 0.345 e. The van der Waals surface area contributed by atoms with E-state index in [0.29, 0.717) is 24.7 Å². The minimum Gasteiger partial charge on any atom is -0.339 e. The van der Waals surface area contributed by atoms with Crippen molar-refractivity contribution in [2.45, 2.75) is 37.6 Å². The maximum absolute atomic E-state index is 12.9. The molecule has 1 aliphatic heterocycles. The van der Waals surface area contributed by atoms with Crippen LogP contribution in [0.4, 0.5) is 0 Å². The molecule has 1 saturated heterocycles. The summed E-state index contributed by atoms with van der Waals surface area (Å²) in [5.41, 5.74) is 2.23. The minimum atomic E-state index is -0.0174. The van der Waals surface area contributed by atoms with Crippen molar-refractivity contribution in [1.82, 2.24) is 28.0 Å². The van der Waals surface area contributed by atoms with Crippen molar-refractivity contribution >= 4 is 28.7 Å². The number of hydrogen-bond donors (Lipinski definition) is 0. The minimum absolute atomic E-state index is 0.0174. The third-order valence-corrected chi connectivity index (χ3v) is 6.10. The van der Waals surface area contributed by atoms with Gasteiger partial charge in [-0.25, -0.2) is 9.48 Å². The number of fused-ring (bicyclic) bond motifs is 1. The van der Waals surface area contributed by atoms with Crippen molar-refractivity contribution < 1.29 is 4.79 Å². The number of amides is 1. The molecule has 1 saturated carbocycles. The van der Waals surface area contributed by atoms with Gasteiger partial charge in [-0.15, -0.1) is 0 Å². The van der Waals surface area contributed by atoms with E-state index in [-0.39, 0.29) is 17.5 Å². The third-order valence-electron chi connectivity index (χ3n) is 5.54. The molecule has 9 heteroatoms. The molecular weight excluding hydrogens is 364 g/mol. The van der Waals surface area contributed by atoms with Crippen LogP contribution in [0.25, 0.3) is 11.0 Å². The Bertz CT molecular complexity index is 1070. The summed E-state index contributed by atoms with van der Waals surface area (Å²) >= 11 is 1.16. The zero-order valence-electron chi connectivity index (χ0n) is 15.0. The van der Waals surface area contributed by atoms with E-state index in [9.17, 15) is 9.59 Å². The SMILES string of the molecule is Cn1nc(C2CCN(C(=O)c3ccc4nsnc4c3)CC2)n(C2CC2)c1=O. The Labute approximate surface area is 159 Å². The molecule has 2 aliphatic rings. The van der Waals surface area contributed by atoms with Crippen LogP contribution in [0.2, 0.25) is 0 Å². The fraction of sp³-hybridized carbons (Fsp3) is 0.500. The summed E-state index contributed by atoms with van der Waals surface area (Å²) in [5, 5.41) is 4.50. The summed E-state index contributed by atoms with van der Waals surface area (Å²) in [7, 11) is 1.72. The van der Waals surface area contributed by atoms with E-state index >= 15 is 0 Å². The highest BCUT2D eigenvalue weighted by atomic mass is 32.1. The van der Waals surface area contributed by atoms with Gasteiger partial charge >= 0.3 is 5.69 Å². The van der Waals surface area contributed by atoms with Crippen LogP contribution in [-0.2, 0) is 7.05 Å². The van der Waals surface area contributed by atoms with Gasteiger partial charge in [-0.3, -0.25) is 9.36 Å². The maximum atomic E-state index is 12.9. The van der Waals surface area contributed by atoms with Crippen molar-refractivity contribution in [1.29, 1.82) is 0 Å². The molecule has 3 heterocycles. The number of carbonyl (C=O) groups is 1. The Balaban J connectivity index is 1.32. The Hall–Kier alpha value is -2.55. The third kappa shape index (κ3) is 2.86. The molecule has 1 aliphatic carbocycles. The lowest BCUT2D eigenvalue weighted by molar-refractivity contribution is 0.0710. The Morgan fingerprint density at radius 1 is 1.11 bits per heavy atom. The van der Waals surface area contributed by atoms with Crippen molar-refractivity contribution in [2.75, 3.05) is 13.1 Å². The van der Waals surface area contributed by atoms with Gasteiger partial charge in [0, 0.05) is 37.7 Å². The van der Waals surface area contributed by atoms with Crippen molar-refractivity contribution in [2.24, 2.45) is 7.05 Å². The van der Waals surface area contributed by atoms with E-state index in [0.717, 1.165) is 54.3 Å². The van der Waals surface area contributed by atoms with Crippen LogP contribution in [0.1, 0.15) is 53.8 Å². The zero-order chi connectivity index (χ0) is 18.5. The fourth-order valence-electron chi connectivity index (χ4n) is 3.89. The molecule has 2 aromatic heterocycles. The monoisotopic (exact) mass is 384 g/mol. The summed E-state index contributed by atoms with van der Waals surface area (Å²) < 4.78 is 11.7. The number of rotatable bonds is 3. The lowest BCUT2D eigenvalue weighted by atomic mass is 9.95. The molecule has 0 bridgehead atoms. The summed E-state index contributed by atoms with van der Waals surface area (Å²) in [4.78, 5) is 27.1. The lowest BCUT2D eigenvalue weighted by Gasteiger charge is -2.31. The second kappa shape index (κ2) is 6.26. The highest BCUT2D eigenvalue weighted by molar-refractivity contribution is 7.00. The van der Waals surface area contributed by atoms with Crippen molar-refractivity contribution in [3.63, 3.8) is 0 Å². The standard InChI is InChI=1S/C18H20N6O2S/c1-22-18(26)24(13-3-4-13)16(19-22)11-6-8-23(9-7-11)17(25)12-2-5-14-15(10-12)21-27-20-14/h2,5,10-11,13H,3-4,6-9H2,1H3. The van der Waals surface area contributed by atoms with Crippen LogP contribution in [-0.4, -0.2) is 47.0 Å². The van der Waals surface area contributed by atoms with Crippen LogP contribution >= 0.6 is 11.7 Å². The van der Waals surface area contributed by atoms with Crippen molar-refractivity contribution in [3.05, 3.63) is 40.1 Å². The topological polar surface area (TPSA) is 85.9 Å². The first-order valence-corrected chi connectivity index (χ1v) is 10.0. The predicted octanol–water partition coefficient (Wildman–Crippen LogP) is 1.94. The lowest BCUT2D eigenvalue weighted by Crippen LogP contribution is -2.38. The molecule has 2 fully saturated rings. The number of likely N-dealkylation sites (tertiary alicyclic amines) is 1. The van der Waals surface area contributed by atoms with Crippen LogP contribution < -0.4 is 5.69 Å². The summed E-state index contributed by atoms with van der Waals surface area (Å²) in [5.74, 6) is 1.16. The van der Waals surface area contributed by atoms with Gasteiger partial charge in [-0.05, 0) is 43.9 Å². The molecule has 0 atom stereocenters. The van der Waals surface area contributed by atoms with E-state index in [2.05, 4.69) is 13.8 Å². The molecule has 0 unspecified atom stereocenters. The summed E-state index contributed by atoms with van der Waals surface area (Å²) in [6.45, 7) is 1.35. The van der Waals surface area contributed by atoms with Crippen LogP contribution in [0, 0.1) is 0 Å². The molecule has 27 heavy (non-hydrogen) atoms. The first-order chi connectivity index (χ1) is 13.1. The molecule has 0 radical (unpaired) electrons. The van der Waals surface area contributed by atoms with Gasteiger partial charge in [0.2, 0.25) is 0 Å². The normalized spacial score (nSPS) is 18.3. The Morgan fingerprint density at radius 2 is 1.85 bits per heavy atom. The number of aryl methyl sites for hydroxylation is 1. The molecule has 1 amide bonds. The number of nitrogens with zero attached hydrogens (tertiary/aromatic N) is 6. The predicted molar refractivity (Wildman–Crippen MR) is 101 cm³/mol. The second-order valence-corrected chi connectivity index (χ2v) is 7.93. The first kappa shape index (κ1) is 16.6. The van der Waals surface area contributed by atoms with Gasteiger partial charge in [0.1, 0.15) is 16.9 Å². The highest BCUT2D eigenvalue weighted by Gasteiger charge is 2.34. The summed E-state index contributed by atoms with van der Waals surface area (Å²) in [6.07, 6.45) is 3.78. The Kier molecular flexibility index (Phi) is 3.85. The van der Waals surface area contributed by atoms with Crippen LogP contribution in [0.15, 0.2) is 23.0 Å². The van der Waals surface area contributed by atoms with Gasteiger partial charge < -0.3 is 4.90 Å². The number of hydrogen-bond acceptors (Lipinski definition) is 6. The van der Waals surface area contributed by atoms with E-state index < -0.39 is 0 Å². The molecule has 1 aromatic carbocycles. The van der Waals surface area contributed by atoms with Gasteiger partial charge in [0.05, 0.1) is 11.7 Å². The summed E-state index contributed by atoms with van der Waals surface area (Å²) in [6, 6.07) is 5.80. The molecule has 0 N–H and O–H groups in total. The van der Waals surface area contributed by atoms with E-state index in [1.807, 2.05) is 27.7 Å². The quantitative estimate of drug-likeness (QED) is 0.689. The molecule has 3 aromatic rings. The van der Waals surface area contributed by atoms with E-state index in [4.69, 9.17) is 0 Å². The molecular formula is C18H20N6O2S. The maximum Gasteiger partial charge on any atom is 0.345 e. The van der Waals surface area contributed by atoms with Gasteiger partial charge in [0.25, 0.3) is 5.91 Å². The molecule has 8 nitrogen and oxygen atoms in total. The van der Waals surface area contributed by atoms with Gasteiger partial charge in [-0.2, -0.15) is 13.8 Å². The van der Waals surface area contributed by atoms with Crippen LogP contribution in [0.5, 0.6) is 0 Å². The molecule has 5 rings (SSSR count). The van der Waals surface area contributed by atoms with Gasteiger partial charge in [0.15, 0.2) is 0 Å². The number of carbonyl (C=O) groups excluding carboxylic acids is 1. The fourth-order valence-corrected chi connectivity index (χ4v) is 4.41. The smallest absolute Gasteiger partial charge is 0.339 e. The highest BCUT2D eigenvalue weighted by Crippen LogP contribution is 2.37.